The van der Waals surface area contributed by atoms with E-state index in [9.17, 15) is 18.3 Å². The third-order valence-electron chi connectivity index (χ3n) is 7.45. The van der Waals surface area contributed by atoms with Gasteiger partial charge >= 0.3 is 6.18 Å². The van der Waals surface area contributed by atoms with E-state index in [2.05, 4.69) is 47.8 Å². The molecule has 5 rings (SSSR count). The highest BCUT2D eigenvalue weighted by atomic mass is 19.4. The van der Waals surface area contributed by atoms with Crippen molar-refractivity contribution in [1.82, 2.24) is 24.6 Å². The lowest BCUT2D eigenvalue weighted by atomic mass is 10.1. The Balaban J connectivity index is 1.32. The lowest BCUT2D eigenvalue weighted by molar-refractivity contribution is -0.137. The Labute approximate surface area is 259 Å². The summed E-state index contributed by atoms with van der Waals surface area (Å²) in [6.07, 6.45) is -3.05. The van der Waals surface area contributed by atoms with Crippen molar-refractivity contribution in [1.29, 1.82) is 0 Å². The molecule has 5 N–H and O–H groups in total. The molecule has 0 aliphatic carbocycles. The number of aliphatic hydroxyl groups excluding tert-OH is 1. The van der Waals surface area contributed by atoms with Gasteiger partial charge in [0.25, 0.3) is 0 Å². The van der Waals surface area contributed by atoms with Crippen LogP contribution in [0.15, 0.2) is 67.3 Å². The summed E-state index contributed by atoms with van der Waals surface area (Å²) in [6.45, 7) is 10.9. The molecule has 0 spiro atoms. The van der Waals surface area contributed by atoms with Crippen LogP contribution in [0.4, 0.5) is 47.6 Å². The van der Waals surface area contributed by atoms with Gasteiger partial charge in [-0.1, -0.05) is 12.6 Å². The SMILES string of the molecule is C=C(Nc1cc(N2CCN(CCO)CC2)cc(C(F)(F)F)c1)Nc1ccc(C)c(Nc2cc(C)nn2-c2cc(NC)ncn2)c1. The van der Waals surface area contributed by atoms with E-state index in [-0.39, 0.29) is 12.3 Å². The molecule has 2 aromatic heterocycles. The minimum absolute atomic E-state index is 0.0521. The smallest absolute Gasteiger partial charge is 0.395 e. The molecule has 3 heterocycles. The molecule has 0 saturated carbocycles. The minimum Gasteiger partial charge on any atom is -0.395 e. The standard InChI is InChI=1S/C31H37F3N10O/c1-20-5-6-24(17-27(20)40-30-13-21(2)41-44(30)29-18-28(35-4)36-19-37-29)38-22(3)39-25-14-23(31(32,33)34)15-26(16-25)43-9-7-42(8-10-43)11-12-45/h5-6,13-19,38-40,45H,3,7-12H2,1-2,4H3,(H,35,36,37). The van der Waals surface area contributed by atoms with Gasteiger partial charge in [0.1, 0.15) is 23.8 Å². The van der Waals surface area contributed by atoms with E-state index in [1.165, 1.54) is 12.4 Å². The first-order valence-electron chi connectivity index (χ1n) is 14.5. The number of alkyl halides is 3. The van der Waals surface area contributed by atoms with Gasteiger partial charge in [-0.2, -0.15) is 23.0 Å². The van der Waals surface area contributed by atoms with Gasteiger partial charge in [0.05, 0.1) is 17.9 Å². The van der Waals surface area contributed by atoms with Crippen molar-refractivity contribution >= 4 is 34.4 Å². The number of rotatable bonds is 11. The molecule has 0 atom stereocenters. The van der Waals surface area contributed by atoms with E-state index < -0.39 is 11.7 Å². The molecule has 4 aromatic rings. The summed E-state index contributed by atoms with van der Waals surface area (Å²) in [7, 11) is 1.78. The zero-order chi connectivity index (χ0) is 32.1. The average Bonchev–Trinajstić information content (AvgIpc) is 3.38. The number of aromatic nitrogens is 4. The van der Waals surface area contributed by atoms with Gasteiger partial charge in [-0.15, -0.1) is 0 Å². The van der Waals surface area contributed by atoms with Crippen molar-refractivity contribution in [3.63, 3.8) is 0 Å². The number of aliphatic hydroxyl groups is 1. The van der Waals surface area contributed by atoms with E-state index in [4.69, 9.17) is 0 Å². The fraction of sp³-hybridized carbons (Fsp3) is 0.323. The summed E-state index contributed by atoms with van der Waals surface area (Å²) in [4.78, 5) is 12.5. The van der Waals surface area contributed by atoms with Gasteiger partial charge in [0.2, 0.25) is 0 Å². The number of hydrogen-bond donors (Lipinski definition) is 5. The molecule has 0 bridgehead atoms. The Kier molecular flexibility index (Phi) is 9.44. The minimum atomic E-state index is -4.51. The average molecular weight is 623 g/mol. The highest BCUT2D eigenvalue weighted by molar-refractivity contribution is 5.70. The molecule has 1 saturated heterocycles. The molecular weight excluding hydrogens is 585 g/mol. The van der Waals surface area contributed by atoms with Crippen LogP contribution in [0.2, 0.25) is 0 Å². The predicted octanol–water partition coefficient (Wildman–Crippen LogP) is 5.19. The molecule has 238 valence electrons. The lowest BCUT2D eigenvalue weighted by Crippen LogP contribution is -2.47. The van der Waals surface area contributed by atoms with Crippen molar-refractivity contribution in [3.8, 4) is 5.82 Å². The maximum absolute atomic E-state index is 13.9. The van der Waals surface area contributed by atoms with Crippen LogP contribution in [0, 0.1) is 13.8 Å². The van der Waals surface area contributed by atoms with E-state index in [0.717, 1.165) is 23.0 Å². The van der Waals surface area contributed by atoms with Crippen LogP contribution >= 0.6 is 0 Å². The van der Waals surface area contributed by atoms with Crippen LogP contribution in [0.3, 0.4) is 0 Å². The molecule has 1 fully saturated rings. The number of hydrogen-bond acceptors (Lipinski definition) is 10. The summed E-state index contributed by atoms with van der Waals surface area (Å²) in [5, 5.41) is 26.4. The highest BCUT2D eigenvalue weighted by Crippen LogP contribution is 2.35. The number of piperazine rings is 1. The van der Waals surface area contributed by atoms with Gasteiger partial charge in [-0.3, -0.25) is 4.90 Å². The zero-order valence-corrected chi connectivity index (χ0v) is 25.4. The Morgan fingerprint density at radius 1 is 0.956 bits per heavy atom. The molecule has 2 aromatic carbocycles. The number of β-amino-alcohol motifs (C(OH)–C–C–N with tert-alkyl or cyclic N) is 1. The lowest BCUT2D eigenvalue weighted by Gasteiger charge is -2.36. The Bertz CT molecular complexity index is 1650. The number of aryl methyl sites for hydroxylation is 2. The molecule has 0 radical (unpaired) electrons. The largest absolute Gasteiger partial charge is 0.416 e. The third kappa shape index (κ3) is 7.83. The quantitative estimate of drug-likeness (QED) is 0.153. The maximum atomic E-state index is 13.9. The number of anilines is 6. The number of benzene rings is 2. The van der Waals surface area contributed by atoms with E-state index in [1.54, 1.807) is 23.9 Å². The molecule has 11 nitrogen and oxygen atoms in total. The molecule has 1 aliphatic rings. The third-order valence-corrected chi connectivity index (χ3v) is 7.45. The highest BCUT2D eigenvalue weighted by Gasteiger charge is 2.32. The number of nitrogens with one attached hydrogen (secondary N) is 4. The van der Waals surface area contributed by atoms with Gasteiger partial charge in [-0.05, 0) is 49.7 Å². The molecule has 1 aliphatic heterocycles. The fourth-order valence-electron chi connectivity index (χ4n) is 5.12. The Morgan fingerprint density at radius 3 is 2.42 bits per heavy atom. The normalized spacial score (nSPS) is 13.9. The number of nitrogens with zero attached hydrogens (tertiary/aromatic N) is 6. The van der Waals surface area contributed by atoms with E-state index in [0.29, 0.717) is 67.4 Å². The second-order valence-corrected chi connectivity index (χ2v) is 10.8. The first kappa shape index (κ1) is 31.6. The van der Waals surface area contributed by atoms with Crippen LogP contribution in [0.1, 0.15) is 16.8 Å². The monoisotopic (exact) mass is 622 g/mol. The van der Waals surface area contributed by atoms with Gasteiger partial charge < -0.3 is 31.3 Å². The second-order valence-electron chi connectivity index (χ2n) is 10.8. The van der Waals surface area contributed by atoms with Crippen molar-refractivity contribution in [3.05, 3.63) is 84.1 Å². The van der Waals surface area contributed by atoms with Crippen LogP contribution < -0.4 is 26.2 Å². The summed E-state index contributed by atoms with van der Waals surface area (Å²) < 4.78 is 43.3. The van der Waals surface area contributed by atoms with Gasteiger partial charge in [0, 0.05) is 74.7 Å². The Hall–Kier alpha value is -4.82. The molecular formula is C31H37F3N10O. The van der Waals surface area contributed by atoms with E-state index in [1.807, 2.05) is 43.0 Å². The summed E-state index contributed by atoms with van der Waals surface area (Å²) in [5.41, 5.74) is 3.22. The van der Waals surface area contributed by atoms with Gasteiger partial charge in [0.15, 0.2) is 5.82 Å². The molecule has 0 amide bonds. The first-order chi connectivity index (χ1) is 21.5. The van der Waals surface area contributed by atoms with Crippen LogP contribution in [0.25, 0.3) is 5.82 Å². The Morgan fingerprint density at radius 2 is 1.71 bits per heavy atom. The number of halogens is 3. The molecule has 14 heteroatoms. The van der Waals surface area contributed by atoms with Crippen molar-refractivity contribution < 1.29 is 18.3 Å². The summed E-state index contributed by atoms with van der Waals surface area (Å²) in [6, 6.07) is 13.3. The fourth-order valence-corrected chi connectivity index (χ4v) is 5.12. The van der Waals surface area contributed by atoms with E-state index >= 15 is 0 Å². The summed E-state index contributed by atoms with van der Waals surface area (Å²) >= 11 is 0. The summed E-state index contributed by atoms with van der Waals surface area (Å²) in [5.74, 6) is 2.24. The van der Waals surface area contributed by atoms with Crippen molar-refractivity contribution in [2.24, 2.45) is 0 Å². The van der Waals surface area contributed by atoms with Crippen LogP contribution in [-0.4, -0.2) is 76.1 Å². The zero-order valence-electron chi connectivity index (χ0n) is 25.4. The van der Waals surface area contributed by atoms with Crippen LogP contribution in [0.5, 0.6) is 0 Å². The maximum Gasteiger partial charge on any atom is 0.416 e. The predicted molar refractivity (Wildman–Crippen MR) is 171 cm³/mol. The second kappa shape index (κ2) is 13.4. The first-order valence-corrected chi connectivity index (χ1v) is 14.5. The topological polar surface area (TPSA) is 118 Å². The van der Waals surface area contributed by atoms with Crippen molar-refractivity contribution in [2.45, 2.75) is 20.0 Å². The van der Waals surface area contributed by atoms with Crippen molar-refractivity contribution in [2.75, 3.05) is 72.5 Å². The molecule has 45 heavy (non-hydrogen) atoms. The van der Waals surface area contributed by atoms with Gasteiger partial charge in [-0.25, -0.2) is 9.97 Å². The molecule has 0 unspecified atom stereocenters. The van der Waals surface area contributed by atoms with Crippen LogP contribution in [-0.2, 0) is 6.18 Å².